The van der Waals surface area contributed by atoms with Crippen molar-refractivity contribution in [3.63, 3.8) is 0 Å². The number of anilines is 1. The number of carbonyl (C=O) groups is 1. The van der Waals surface area contributed by atoms with Crippen molar-refractivity contribution in [2.45, 2.75) is 6.92 Å². The molecule has 0 bridgehead atoms. The molecule has 0 aliphatic heterocycles. The largest absolute Gasteiger partial charge is 0.411 e. The van der Waals surface area contributed by atoms with Gasteiger partial charge in [-0.15, -0.1) is 11.3 Å². The number of amides is 1. The van der Waals surface area contributed by atoms with Crippen LogP contribution in [0.1, 0.15) is 22.8 Å². The summed E-state index contributed by atoms with van der Waals surface area (Å²) in [6.45, 7) is 1.69. The minimum absolute atomic E-state index is 0.199. The molecule has 0 radical (unpaired) electrons. The zero-order valence-electron chi connectivity index (χ0n) is 10.4. The lowest BCUT2D eigenvalue weighted by Crippen LogP contribution is -2.11. The van der Waals surface area contributed by atoms with Crippen molar-refractivity contribution in [2.24, 2.45) is 5.16 Å². The number of benzene rings is 1. The first-order valence-electron chi connectivity index (χ1n) is 5.56. The molecule has 0 unspecified atom stereocenters. The number of hydrogen-bond acceptors (Lipinski definition) is 4. The van der Waals surface area contributed by atoms with Crippen molar-refractivity contribution < 1.29 is 10.0 Å². The summed E-state index contributed by atoms with van der Waals surface area (Å²) in [4.78, 5) is 12.2. The molecule has 2 aromatic rings. The Morgan fingerprint density at radius 1 is 1.35 bits per heavy atom. The van der Waals surface area contributed by atoms with Crippen LogP contribution in [-0.4, -0.2) is 16.8 Å². The summed E-state index contributed by atoms with van der Waals surface area (Å²) in [7, 11) is 0. The maximum absolute atomic E-state index is 12.2. The third-order valence-electron chi connectivity index (χ3n) is 2.59. The fourth-order valence-corrected chi connectivity index (χ4v) is 4.37. The van der Waals surface area contributed by atoms with E-state index in [4.69, 9.17) is 5.21 Å². The SMILES string of the molecule is C/C(=N/O)c1cccc(NC(=O)c2cc(Br)sc2Br)c1. The number of thiophene rings is 1. The normalized spacial score (nSPS) is 11.4. The van der Waals surface area contributed by atoms with Crippen LogP contribution in [0.4, 0.5) is 5.69 Å². The van der Waals surface area contributed by atoms with Crippen molar-refractivity contribution in [2.75, 3.05) is 5.32 Å². The lowest BCUT2D eigenvalue weighted by molar-refractivity contribution is 0.102. The molecule has 1 aromatic carbocycles. The molecule has 0 saturated heterocycles. The van der Waals surface area contributed by atoms with Crippen LogP contribution in [0.25, 0.3) is 0 Å². The molecular weight excluding hydrogens is 408 g/mol. The molecule has 1 amide bonds. The molecule has 20 heavy (non-hydrogen) atoms. The van der Waals surface area contributed by atoms with E-state index in [0.717, 1.165) is 13.1 Å². The quantitative estimate of drug-likeness (QED) is 0.431. The predicted octanol–water partition coefficient (Wildman–Crippen LogP) is 4.72. The van der Waals surface area contributed by atoms with Crippen LogP contribution in [0.5, 0.6) is 0 Å². The molecule has 0 spiro atoms. The van der Waals surface area contributed by atoms with Crippen molar-refractivity contribution >= 4 is 60.5 Å². The van der Waals surface area contributed by atoms with E-state index in [1.165, 1.54) is 11.3 Å². The highest BCUT2D eigenvalue weighted by Crippen LogP contribution is 2.32. The number of carbonyl (C=O) groups excluding carboxylic acids is 1. The van der Waals surface area contributed by atoms with Crippen molar-refractivity contribution in [3.8, 4) is 0 Å². The summed E-state index contributed by atoms with van der Waals surface area (Å²) in [5, 5.41) is 14.7. The first-order valence-corrected chi connectivity index (χ1v) is 7.97. The van der Waals surface area contributed by atoms with E-state index in [1.807, 2.05) is 6.07 Å². The molecule has 0 aliphatic rings. The van der Waals surface area contributed by atoms with Crippen molar-refractivity contribution in [1.82, 2.24) is 0 Å². The fourth-order valence-electron chi connectivity index (χ4n) is 1.57. The Hall–Kier alpha value is -1.18. The highest BCUT2D eigenvalue weighted by Gasteiger charge is 2.14. The lowest BCUT2D eigenvalue weighted by atomic mass is 10.1. The van der Waals surface area contributed by atoms with E-state index < -0.39 is 0 Å². The zero-order chi connectivity index (χ0) is 14.7. The van der Waals surface area contributed by atoms with E-state index in [2.05, 4.69) is 42.3 Å². The standard InChI is InChI=1S/C13H10Br2N2O2S/c1-7(17-19)8-3-2-4-9(5-8)16-13(18)10-6-11(14)20-12(10)15/h2-6,19H,1H3,(H,16,18)/b17-7-. The molecular formula is C13H10Br2N2O2S. The second-order valence-electron chi connectivity index (χ2n) is 3.96. The van der Waals surface area contributed by atoms with Crippen LogP contribution in [0.15, 0.2) is 43.1 Å². The van der Waals surface area contributed by atoms with Gasteiger partial charge in [0.1, 0.15) is 0 Å². The maximum atomic E-state index is 12.2. The highest BCUT2D eigenvalue weighted by atomic mass is 79.9. The Bertz CT molecular complexity index is 683. The molecule has 2 rings (SSSR count). The number of rotatable bonds is 3. The average Bonchev–Trinajstić information content (AvgIpc) is 2.77. The molecule has 0 atom stereocenters. The van der Waals surface area contributed by atoms with E-state index >= 15 is 0 Å². The first-order chi connectivity index (χ1) is 9.51. The summed E-state index contributed by atoms with van der Waals surface area (Å²) < 4.78 is 1.65. The number of nitrogens with zero attached hydrogens (tertiary/aromatic N) is 1. The van der Waals surface area contributed by atoms with Gasteiger partial charge in [-0.1, -0.05) is 17.3 Å². The van der Waals surface area contributed by atoms with Crippen LogP contribution < -0.4 is 5.32 Å². The van der Waals surface area contributed by atoms with Crippen LogP contribution in [0, 0.1) is 0 Å². The van der Waals surface area contributed by atoms with E-state index in [1.54, 1.807) is 31.2 Å². The molecule has 1 heterocycles. The number of oxime groups is 1. The van der Waals surface area contributed by atoms with E-state index in [0.29, 0.717) is 17.0 Å². The van der Waals surface area contributed by atoms with Crippen LogP contribution in [0.2, 0.25) is 0 Å². The zero-order valence-corrected chi connectivity index (χ0v) is 14.3. The molecule has 1 aromatic heterocycles. The predicted molar refractivity (Wildman–Crippen MR) is 88.1 cm³/mol. The molecule has 104 valence electrons. The van der Waals surface area contributed by atoms with Crippen LogP contribution in [0.3, 0.4) is 0 Å². The van der Waals surface area contributed by atoms with Gasteiger partial charge in [-0.3, -0.25) is 4.79 Å². The van der Waals surface area contributed by atoms with Gasteiger partial charge in [0.25, 0.3) is 5.91 Å². The summed E-state index contributed by atoms with van der Waals surface area (Å²) in [6, 6.07) is 8.89. The number of halogens is 2. The minimum Gasteiger partial charge on any atom is -0.411 e. The second-order valence-corrected chi connectivity index (χ2v) is 7.71. The smallest absolute Gasteiger partial charge is 0.257 e. The van der Waals surface area contributed by atoms with Gasteiger partial charge in [0.05, 0.1) is 18.8 Å². The Kier molecular flexibility index (Phi) is 4.95. The van der Waals surface area contributed by atoms with Gasteiger partial charge in [0, 0.05) is 11.3 Å². The van der Waals surface area contributed by atoms with Crippen molar-refractivity contribution in [3.05, 3.63) is 49.0 Å². The maximum Gasteiger partial charge on any atom is 0.257 e. The van der Waals surface area contributed by atoms with Crippen molar-refractivity contribution in [1.29, 1.82) is 0 Å². The third kappa shape index (κ3) is 3.47. The number of hydrogen-bond donors (Lipinski definition) is 2. The molecule has 7 heteroatoms. The Labute approximate surface area is 136 Å². The van der Waals surface area contributed by atoms with Gasteiger partial charge >= 0.3 is 0 Å². The topological polar surface area (TPSA) is 61.7 Å². The molecule has 0 aliphatic carbocycles. The average molecular weight is 418 g/mol. The Morgan fingerprint density at radius 2 is 2.10 bits per heavy atom. The first kappa shape index (κ1) is 15.2. The highest BCUT2D eigenvalue weighted by molar-refractivity contribution is 9.12. The van der Waals surface area contributed by atoms with E-state index in [-0.39, 0.29) is 5.91 Å². The minimum atomic E-state index is -0.199. The summed E-state index contributed by atoms with van der Waals surface area (Å²) in [6.07, 6.45) is 0. The van der Waals surface area contributed by atoms with Gasteiger partial charge in [0.2, 0.25) is 0 Å². The number of nitrogens with one attached hydrogen (secondary N) is 1. The van der Waals surface area contributed by atoms with Gasteiger partial charge in [-0.2, -0.15) is 0 Å². The van der Waals surface area contributed by atoms with E-state index in [9.17, 15) is 4.79 Å². The monoisotopic (exact) mass is 416 g/mol. The Morgan fingerprint density at radius 3 is 2.70 bits per heavy atom. The summed E-state index contributed by atoms with van der Waals surface area (Å²) in [5.41, 5.74) is 2.45. The fraction of sp³-hybridized carbons (Fsp3) is 0.0769. The molecule has 2 N–H and O–H groups in total. The van der Waals surface area contributed by atoms with Crippen LogP contribution >= 0.6 is 43.2 Å². The van der Waals surface area contributed by atoms with Gasteiger partial charge < -0.3 is 10.5 Å². The summed E-state index contributed by atoms with van der Waals surface area (Å²) >= 11 is 8.14. The molecule has 0 saturated carbocycles. The van der Waals surface area contributed by atoms with Crippen LogP contribution in [-0.2, 0) is 0 Å². The second kappa shape index (κ2) is 6.51. The van der Waals surface area contributed by atoms with Gasteiger partial charge in [0.15, 0.2) is 0 Å². The molecule has 0 fully saturated rings. The Balaban J connectivity index is 2.22. The molecule has 4 nitrogen and oxygen atoms in total. The van der Waals surface area contributed by atoms with Gasteiger partial charge in [-0.05, 0) is 57.0 Å². The third-order valence-corrected chi connectivity index (χ3v) is 4.93. The van der Waals surface area contributed by atoms with Gasteiger partial charge in [-0.25, -0.2) is 0 Å². The lowest BCUT2D eigenvalue weighted by Gasteiger charge is -2.06. The summed E-state index contributed by atoms with van der Waals surface area (Å²) in [5.74, 6) is -0.199.